The number of benzene rings is 1. The molecule has 5 heteroatoms. The largest absolute Gasteiger partial charge is 0.385 e. The quantitative estimate of drug-likeness (QED) is 0.802. The first-order valence-corrected chi connectivity index (χ1v) is 8.98. The van der Waals surface area contributed by atoms with Gasteiger partial charge in [0, 0.05) is 29.0 Å². The molecule has 0 atom stereocenters. The van der Waals surface area contributed by atoms with Crippen LogP contribution in [0.3, 0.4) is 0 Å². The van der Waals surface area contributed by atoms with Gasteiger partial charge < -0.3 is 5.11 Å². The fourth-order valence-corrected chi connectivity index (χ4v) is 4.11. The van der Waals surface area contributed by atoms with Crippen LogP contribution in [0.2, 0.25) is 0 Å². The Morgan fingerprint density at radius 1 is 1.18 bits per heavy atom. The van der Waals surface area contributed by atoms with Gasteiger partial charge in [-0.1, -0.05) is 28.1 Å². The normalized spacial score (nSPS) is 18.0. The first-order chi connectivity index (χ1) is 10.1. The molecule has 1 saturated heterocycles. The van der Waals surface area contributed by atoms with Crippen LogP contribution >= 0.6 is 39.7 Å². The molecule has 2 nitrogen and oxygen atoms in total. The zero-order valence-corrected chi connectivity index (χ0v) is 15.8. The standard InChI is InChI=1S/C17H20BrNOS.ClH/c1-13-6-11-21-16(13)12-19-9-7-17(20,8-10-19)14-2-4-15(18)5-3-14;/h2-6,11,20H,7-10,12H2,1H3;1H. The lowest BCUT2D eigenvalue weighted by molar-refractivity contribution is -0.0275. The summed E-state index contributed by atoms with van der Waals surface area (Å²) in [6.45, 7) is 5.08. The highest BCUT2D eigenvalue weighted by atomic mass is 79.9. The maximum atomic E-state index is 10.9. The summed E-state index contributed by atoms with van der Waals surface area (Å²) in [7, 11) is 0. The van der Waals surface area contributed by atoms with E-state index in [2.05, 4.69) is 39.2 Å². The van der Waals surface area contributed by atoms with Gasteiger partial charge in [0.1, 0.15) is 0 Å². The van der Waals surface area contributed by atoms with E-state index in [0.29, 0.717) is 0 Å². The summed E-state index contributed by atoms with van der Waals surface area (Å²) < 4.78 is 1.06. The molecule has 0 aliphatic carbocycles. The van der Waals surface area contributed by atoms with Crippen LogP contribution in [-0.4, -0.2) is 23.1 Å². The van der Waals surface area contributed by atoms with Crippen LogP contribution in [0.4, 0.5) is 0 Å². The third kappa shape index (κ3) is 3.92. The number of aryl methyl sites for hydroxylation is 1. The fraction of sp³-hybridized carbons (Fsp3) is 0.412. The van der Waals surface area contributed by atoms with Crippen LogP contribution in [0.5, 0.6) is 0 Å². The Bertz CT molecular complexity index is 605. The Morgan fingerprint density at radius 2 is 1.82 bits per heavy atom. The molecule has 1 aliphatic rings. The molecule has 1 aromatic heterocycles. The van der Waals surface area contributed by atoms with Crippen LogP contribution < -0.4 is 0 Å². The summed E-state index contributed by atoms with van der Waals surface area (Å²) in [6.07, 6.45) is 1.61. The van der Waals surface area contributed by atoms with Crippen molar-refractivity contribution in [2.75, 3.05) is 13.1 Å². The molecular weight excluding hydrogens is 382 g/mol. The predicted molar refractivity (Wildman–Crippen MR) is 98.9 cm³/mol. The zero-order chi connectivity index (χ0) is 14.9. The molecule has 120 valence electrons. The Balaban J connectivity index is 0.00000176. The fourth-order valence-electron chi connectivity index (χ4n) is 2.90. The first-order valence-electron chi connectivity index (χ1n) is 7.31. The second-order valence-corrected chi connectivity index (χ2v) is 7.76. The number of rotatable bonds is 3. The minimum Gasteiger partial charge on any atom is -0.385 e. The molecule has 1 N–H and O–H groups in total. The molecule has 2 aromatic rings. The minimum atomic E-state index is -0.665. The lowest BCUT2D eigenvalue weighted by Gasteiger charge is -2.38. The summed E-state index contributed by atoms with van der Waals surface area (Å²) in [5.41, 5.74) is 1.76. The van der Waals surface area contributed by atoms with E-state index in [1.54, 1.807) is 0 Å². The molecule has 22 heavy (non-hydrogen) atoms. The lowest BCUT2D eigenvalue weighted by Crippen LogP contribution is -2.42. The second-order valence-electron chi connectivity index (χ2n) is 5.84. The molecule has 0 amide bonds. The highest BCUT2D eigenvalue weighted by Crippen LogP contribution is 2.34. The molecular formula is C17H21BrClNOS. The van der Waals surface area contributed by atoms with Gasteiger partial charge in [-0.3, -0.25) is 4.90 Å². The van der Waals surface area contributed by atoms with Gasteiger partial charge in [-0.2, -0.15) is 0 Å². The van der Waals surface area contributed by atoms with Crippen molar-refractivity contribution in [3.05, 3.63) is 56.2 Å². The topological polar surface area (TPSA) is 23.5 Å². The third-order valence-electron chi connectivity index (χ3n) is 4.40. The summed E-state index contributed by atoms with van der Waals surface area (Å²) >= 11 is 5.28. The van der Waals surface area contributed by atoms with Gasteiger partial charge in [0.15, 0.2) is 0 Å². The Labute approximate surface area is 150 Å². The monoisotopic (exact) mass is 401 g/mol. The van der Waals surface area contributed by atoms with E-state index in [4.69, 9.17) is 0 Å². The average Bonchev–Trinajstić information content (AvgIpc) is 2.88. The van der Waals surface area contributed by atoms with E-state index < -0.39 is 5.60 Å². The van der Waals surface area contributed by atoms with Crippen molar-refractivity contribution >= 4 is 39.7 Å². The van der Waals surface area contributed by atoms with E-state index >= 15 is 0 Å². The van der Waals surface area contributed by atoms with Crippen LogP contribution in [-0.2, 0) is 12.1 Å². The molecule has 0 saturated carbocycles. The highest BCUT2D eigenvalue weighted by Gasteiger charge is 2.33. The Hall–Kier alpha value is -0.390. The Morgan fingerprint density at radius 3 is 2.36 bits per heavy atom. The van der Waals surface area contributed by atoms with Crippen molar-refractivity contribution in [1.82, 2.24) is 4.90 Å². The number of likely N-dealkylation sites (tertiary alicyclic amines) is 1. The minimum absolute atomic E-state index is 0. The number of thiophene rings is 1. The molecule has 2 heterocycles. The van der Waals surface area contributed by atoms with E-state index in [1.807, 2.05) is 35.6 Å². The van der Waals surface area contributed by atoms with E-state index in [1.165, 1.54) is 10.4 Å². The van der Waals surface area contributed by atoms with Crippen molar-refractivity contribution in [1.29, 1.82) is 0 Å². The molecule has 0 spiro atoms. The number of hydrogen-bond donors (Lipinski definition) is 1. The van der Waals surface area contributed by atoms with Crippen molar-refractivity contribution in [3.63, 3.8) is 0 Å². The van der Waals surface area contributed by atoms with Crippen molar-refractivity contribution < 1.29 is 5.11 Å². The van der Waals surface area contributed by atoms with Gasteiger partial charge in [-0.15, -0.1) is 23.7 Å². The van der Waals surface area contributed by atoms with Crippen LogP contribution in [0.25, 0.3) is 0 Å². The number of halogens is 2. The van der Waals surface area contributed by atoms with Crippen LogP contribution in [0.15, 0.2) is 40.2 Å². The number of aliphatic hydroxyl groups is 1. The molecule has 3 rings (SSSR count). The van der Waals surface area contributed by atoms with Gasteiger partial charge in [-0.25, -0.2) is 0 Å². The van der Waals surface area contributed by atoms with Gasteiger partial charge in [0.25, 0.3) is 0 Å². The molecule has 1 aromatic carbocycles. The summed E-state index contributed by atoms with van der Waals surface area (Å²) in [5, 5.41) is 13.1. The van der Waals surface area contributed by atoms with Crippen molar-refractivity contribution in [2.45, 2.75) is 31.9 Å². The molecule has 1 aliphatic heterocycles. The Kier molecular flexibility index (Phi) is 6.08. The number of hydrogen-bond acceptors (Lipinski definition) is 3. The van der Waals surface area contributed by atoms with E-state index in [-0.39, 0.29) is 12.4 Å². The van der Waals surface area contributed by atoms with E-state index in [0.717, 1.165) is 42.5 Å². The maximum Gasteiger partial charge on any atom is 0.0920 e. The van der Waals surface area contributed by atoms with Crippen molar-refractivity contribution in [3.8, 4) is 0 Å². The number of nitrogens with zero attached hydrogens (tertiary/aromatic N) is 1. The van der Waals surface area contributed by atoms with Gasteiger partial charge in [0.2, 0.25) is 0 Å². The van der Waals surface area contributed by atoms with E-state index in [9.17, 15) is 5.11 Å². The number of piperidine rings is 1. The molecule has 0 unspecified atom stereocenters. The predicted octanol–water partition coefficient (Wildman–Crippen LogP) is 4.72. The molecule has 0 bridgehead atoms. The highest BCUT2D eigenvalue weighted by molar-refractivity contribution is 9.10. The van der Waals surface area contributed by atoms with Gasteiger partial charge in [0.05, 0.1) is 5.60 Å². The smallest absolute Gasteiger partial charge is 0.0920 e. The summed E-state index contributed by atoms with van der Waals surface area (Å²) in [5.74, 6) is 0. The lowest BCUT2D eigenvalue weighted by atomic mass is 9.84. The van der Waals surface area contributed by atoms with Crippen LogP contribution in [0, 0.1) is 6.92 Å². The van der Waals surface area contributed by atoms with Gasteiger partial charge in [-0.05, 0) is 54.5 Å². The third-order valence-corrected chi connectivity index (χ3v) is 5.94. The van der Waals surface area contributed by atoms with Gasteiger partial charge >= 0.3 is 0 Å². The van der Waals surface area contributed by atoms with Crippen molar-refractivity contribution in [2.24, 2.45) is 0 Å². The molecule has 1 fully saturated rings. The first kappa shape index (κ1) is 18.0. The summed E-state index contributed by atoms with van der Waals surface area (Å²) in [4.78, 5) is 3.90. The maximum absolute atomic E-state index is 10.9. The molecule has 0 radical (unpaired) electrons. The second kappa shape index (κ2) is 7.45. The summed E-state index contributed by atoms with van der Waals surface area (Å²) in [6, 6.07) is 10.3. The average molecular weight is 403 g/mol. The zero-order valence-electron chi connectivity index (χ0n) is 12.6. The van der Waals surface area contributed by atoms with Crippen LogP contribution in [0.1, 0.15) is 28.8 Å². The SMILES string of the molecule is Cc1ccsc1CN1CCC(O)(c2ccc(Br)cc2)CC1.Cl.